The molecule has 0 aliphatic carbocycles. The van der Waals surface area contributed by atoms with Crippen molar-refractivity contribution in [1.29, 1.82) is 0 Å². The lowest BCUT2D eigenvalue weighted by Gasteiger charge is -2.29. The number of para-hydroxylation sites is 1. The maximum atomic E-state index is 13.1. The molecule has 1 aromatic rings. The normalized spacial score (nSPS) is 20.8. The number of fused-ring (bicyclic) bond motifs is 1. The average molecular weight is 477 g/mol. The number of methoxy groups -OCH3 is 1. The highest BCUT2D eigenvalue weighted by Crippen LogP contribution is 2.19. The third kappa shape index (κ3) is 7.72. The van der Waals surface area contributed by atoms with E-state index in [-0.39, 0.29) is 37.0 Å². The van der Waals surface area contributed by atoms with Crippen LogP contribution in [0.1, 0.15) is 43.5 Å². The Hall–Kier alpha value is -3.14. The van der Waals surface area contributed by atoms with Gasteiger partial charge in [-0.3, -0.25) is 19.2 Å². The van der Waals surface area contributed by atoms with Gasteiger partial charge in [0.05, 0.1) is 18.5 Å². The summed E-state index contributed by atoms with van der Waals surface area (Å²) in [5, 5.41) is 8.16. The van der Waals surface area contributed by atoms with Crippen molar-refractivity contribution in [1.82, 2.24) is 20.9 Å². The SMILES string of the molecule is CC[C@H](C)[C@@H]1NC(=O)C[C@@H](C(=O)NCCCOC)NC(=O)c2ccccc2OCCN(C)C1=O. The van der Waals surface area contributed by atoms with E-state index < -0.39 is 29.8 Å². The Balaban J connectivity index is 2.33. The number of carbonyl (C=O) groups is 4. The molecule has 0 aromatic heterocycles. The minimum Gasteiger partial charge on any atom is -0.491 e. The van der Waals surface area contributed by atoms with Gasteiger partial charge in [-0.2, -0.15) is 0 Å². The van der Waals surface area contributed by atoms with Crippen LogP contribution in [0.15, 0.2) is 24.3 Å². The van der Waals surface area contributed by atoms with E-state index in [1.54, 1.807) is 38.4 Å². The summed E-state index contributed by atoms with van der Waals surface area (Å²) in [6, 6.07) is 4.77. The van der Waals surface area contributed by atoms with Crippen LogP contribution in [0.25, 0.3) is 0 Å². The molecule has 1 aliphatic heterocycles. The third-order valence-corrected chi connectivity index (χ3v) is 5.82. The second-order valence-corrected chi connectivity index (χ2v) is 8.40. The molecule has 188 valence electrons. The van der Waals surface area contributed by atoms with E-state index in [4.69, 9.17) is 9.47 Å². The summed E-state index contributed by atoms with van der Waals surface area (Å²) in [6.07, 6.45) is 0.950. The van der Waals surface area contributed by atoms with Gasteiger partial charge in [0, 0.05) is 27.3 Å². The Morgan fingerprint density at radius 3 is 2.71 bits per heavy atom. The number of carbonyl (C=O) groups excluding carboxylic acids is 4. The number of rotatable bonds is 7. The molecule has 1 aromatic carbocycles. The van der Waals surface area contributed by atoms with Crippen molar-refractivity contribution < 1.29 is 28.7 Å². The summed E-state index contributed by atoms with van der Waals surface area (Å²) in [5.41, 5.74) is 0.239. The fourth-order valence-electron chi connectivity index (χ4n) is 3.52. The topological polar surface area (TPSA) is 126 Å². The predicted octanol–water partition coefficient (Wildman–Crippen LogP) is 0.710. The molecule has 0 spiro atoms. The molecule has 10 nitrogen and oxygen atoms in total. The second kappa shape index (κ2) is 13.5. The van der Waals surface area contributed by atoms with Gasteiger partial charge in [-0.15, -0.1) is 0 Å². The Kier molecular flexibility index (Phi) is 10.8. The largest absolute Gasteiger partial charge is 0.491 e. The molecule has 1 aliphatic rings. The van der Waals surface area contributed by atoms with Crippen molar-refractivity contribution in [3.05, 3.63) is 29.8 Å². The highest BCUT2D eigenvalue weighted by Gasteiger charge is 2.31. The maximum absolute atomic E-state index is 13.1. The molecular weight excluding hydrogens is 440 g/mol. The van der Waals surface area contributed by atoms with Crippen molar-refractivity contribution in [2.75, 3.05) is 40.5 Å². The zero-order chi connectivity index (χ0) is 25.1. The number of hydrogen-bond acceptors (Lipinski definition) is 6. The van der Waals surface area contributed by atoms with Crippen LogP contribution in [0.3, 0.4) is 0 Å². The first kappa shape index (κ1) is 27.1. The van der Waals surface area contributed by atoms with Crippen LogP contribution in [0.5, 0.6) is 5.75 Å². The Morgan fingerprint density at radius 2 is 2.00 bits per heavy atom. The van der Waals surface area contributed by atoms with Crippen molar-refractivity contribution in [2.45, 2.75) is 45.2 Å². The van der Waals surface area contributed by atoms with Gasteiger partial charge < -0.3 is 30.3 Å². The quantitative estimate of drug-likeness (QED) is 0.498. The van der Waals surface area contributed by atoms with E-state index in [0.29, 0.717) is 31.7 Å². The molecule has 0 bridgehead atoms. The van der Waals surface area contributed by atoms with Gasteiger partial charge >= 0.3 is 0 Å². The van der Waals surface area contributed by atoms with Crippen LogP contribution in [-0.4, -0.2) is 81.1 Å². The van der Waals surface area contributed by atoms with Crippen LogP contribution >= 0.6 is 0 Å². The summed E-state index contributed by atoms with van der Waals surface area (Å²) in [6.45, 7) is 5.06. The number of nitrogens with zero attached hydrogens (tertiary/aromatic N) is 1. The monoisotopic (exact) mass is 476 g/mol. The molecule has 0 saturated carbocycles. The molecule has 2 rings (SSSR count). The van der Waals surface area contributed by atoms with E-state index in [0.717, 1.165) is 0 Å². The lowest BCUT2D eigenvalue weighted by atomic mass is 9.97. The average Bonchev–Trinajstić information content (AvgIpc) is 2.83. The molecular formula is C24H36N4O6. The molecule has 3 N–H and O–H groups in total. The Morgan fingerprint density at radius 1 is 1.26 bits per heavy atom. The van der Waals surface area contributed by atoms with Crippen molar-refractivity contribution in [3.63, 3.8) is 0 Å². The first-order valence-corrected chi connectivity index (χ1v) is 11.6. The number of nitrogens with one attached hydrogen (secondary N) is 3. The first-order valence-electron chi connectivity index (χ1n) is 11.6. The lowest BCUT2D eigenvalue weighted by molar-refractivity contribution is -0.137. The molecule has 0 saturated heterocycles. The molecule has 0 radical (unpaired) electrons. The fraction of sp³-hybridized carbons (Fsp3) is 0.583. The van der Waals surface area contributed by atoms with Gasteiger partial charge in [0.25, 0.3) is 5.91 Å². The molecule has 34 heavy (non-hydrogen) atoms. The van der Waals surface area contributed by atoms with E-state index in [1.807, 2.05) is 13.8 Å². The van der Waals surface area contributed by atoms with Gasteiger partial charge in [-0.25, -0.2) is 0 Å². The van der Waals surface area contributed by atoms with E-state index >= 15 is 0 Å². The van der Waals surface area contributed by atoms with Crippen LogP contribution in [0, 0.1) is 5.92 Å². The van der Waals surface area contributed by atoms with Crippen LogP contribution in [-0.2, 0) is 19.1 Å². The summed E-state index contributed by atoms with van der Waals surface area (Å²) in [7, 11) is 3.21. The van der Waals surface area contributed by atoms with Gasteiger partial charge in [-0.1, -0.05) is 32.4 Å². The van der Waals surface area contributed by atoms with Gasteiger partial charge in [0.1, 0.15) is 24.4 Å². The number of benzene rings is 1. The summed E-state index contributed by atoms with van der Waals surface area (Å²) < 4.78 is 10.8. The smallest absolute Gasteiger partial charge is 0.255 e. The van der Waals surface area contributed by atoms with Gasteiger partial charge in [-0.05, 0) is 24.5 Å². The summed E-state index contributed by atoms with van der Waals surface area (Å²) >= 11 is 0. The zero-order valence-corrected chi connectivity index (χ0v) is 20.4. The number of amides is 4. The van der Waals surface area contributed by atoms with Crippen molar-refractivity contribution in [2.24, 2.45) is 5.92 Å². The third-order valence-electron chi connectivity index (χ3n) is 5.82. The van der Waals surface area contributed by atoms with Crippen LogP contribution < -0.4 is 20.7 Å². The molecule has 10 heteroatoms. The van der Waals surface area contributed by atoms with E-state index in [1.165, 1.54) is 4.90 Å². The molecule has 1 heterocycles. The Bertz CT molecular complexity index is 862. The maximum Gasteiger partial charge on any atom is 0.255 e. The Labute approximate surface area is 200 Å². The molecule has 0 fully saturated rings. The fourth-order valence-corrected chi connectivity index (χ4v) is 3.52. The van der Waals surface area contributed by atoms with E-state index in [2.05, 4.69) is 16.0 Å². The van der Waals surface area contributed by atoms with Crippen LogP contribution in [0.4, 0.5) is 0 Å². The van der Waals surface area contributed by atoms with Gasteiger partial charge in [0.2, 0.25) is 17.7 Å². The highest BCUT2D eigenvalue weighted by atomic mass is 16.5. The standard InChI is InChI=1S/C24H36N4O6/c1-5-16(2)21-24(32)28(3)12-14-34-19-10-7-6-9-17(19)22(30)26-18(15-20(29)27-21)23(31)25-11-8-13-33-4/h6-7,9-10,16,18,21H,5,8,11-15H2,1-4H3,(H,25,31)(H,26,30)(H,27,29)/t16-,18-,21-/m0/s1. The van der Waals surface area contributed by atoms with Crippen molar-refractivity contribution >= 4 is 23.6 Å². The van der Waals surface area contributed by atoms with Gasteiger partial charge in [0.15, 0.2) is 0 Å². The predicted molar refractivity (Wildman–Crippen MR) is 126 cm³/mol. The summed E-state index contributed by atoms with van der Waals surface area (Å²) in [4.78, 5) is 53.4. The highest BCUT2D eigenvalue weighted by molar-refractivity contribution is 6.01. The molecule has 4 amide bonds. The van der Waals surface area contributed by atoms with Crippen molar-refractivity contribution in [3.8, 4) is 5.75 Å². The number of hydrogen-bond donors (Lipinski definition) is 3. The molecule has 0 unspecified atom stereocenters. The minimum atomic E-state index is -1.13. The summed E-state index contributed by atoms with van der Waals surface area (Å²) in [5.74, 6) is -1.54. The number of ether oxygens (including phenoxy) is 2. The number of likely N-dealkylation sites (N-methyl/N-ethyl adjacent to an activating group) is 1. The van der Waals surface area contributed by atoms with Crippen LogP contribution in [0.2, 0.25) is 0 Å². The zero-order valence-electron chi connectivity index (χ0n) is 20.4. The minimum absolute atomic E-state index is 0.121. The second-order valence-electron chi connectivity index (χ2n) is 8.40. The first-order chi connectivity index (χ1) is 16.3. The molecule has 3 atom stereocenters. The lowest BCUT2D eigenvalue weighted by Crippen LogP contribution is -2.54. The van der Waals surface area contributed by atoms with E-state index in [9.17, 15) is 19.2 Å².